The van der Waals surface area contributed by atoms with Gasteiger partial charge in [0.05, 0.1) is 17.6 Å². The number of amides is 1. The molecule has 1 fully saturated rings. The van der Waals surface area contributed by atoms with E-state index in [-0.39, 0.29) is 5.91 Å². The number of allylic oxidation sites excluding steroid dienone is 1. The molecule has 0 atom stereocenters. The van der Waals surface area contributed by atoms with E-state index in [1.807, 2.05) is 19.1 Å². The van der Waals surface area contributed by atoms with Crippen LogP contribution in [0, 0.1) is 12.8 Å². The third kappa shape index (κ3) is 5.19. The molecule has 33 heavy (non-hydrogen) atoms. The summed E-state index contributed by atoms with van der Waals surface area (Å²) in [6.07, 6.45) is 9.75. The molecule has 0 radical (unpaired) electrons. The van der Waals surface area contributed by atoms with Crippen LogP contribution in [0.2, 0.25) is 0 Å². The highest BCUT2D eigenvalue weighted by molar-refractivity contribution is 9.15. The Labute approximate surface area is 201 Å². The van der Waals surface area contributed by atoms with Crippen LogP contribution in [0.25, 0.3) is 4.48 Å². The van der Waals surface area contributed by atoms with E-state index in [1.165, 1.54) is 28.5 Å². The summed E-state index contributed by atoms with van der Waals surface area (Å²) in [6.45, 7) is 3.05. The molecule has 0 bridgehead atoms. The molecule has 170 valence electrons. The molecule has 1 amide bonds. The quantitative estimate of drug-likeness (QED) is 0.442. The van der Waals surface area contributed by atoms with Crippen LogP contribution in [0.5, 0.6) is 0 Å². The van der Waals surface area contributed by atoms with E-state index >= 15 is 0 Å². The Kier molecular flexibility index (Phi) is 6.30. The summed E-state index contributed by atoms with van der Waals surface area (Å²) in [5, 5.41) is 19.9. The second-order valence-corrected chi connectivity index (χ2v) is 9.59. The third-order valence-electron chi connectivity index (χ3n) is 6.13. The van der Waals surface area contributed by atoms with E-state index < -0.39 is 0 Å². The number of aryl methyl sites for hydroxylation is 3. The minimum absolute atomic E-state index is 0.237. The van der Waals surface area contributed by atoms with Gasteiger partial charge in [0.25, 0.3) is 5.91 Å². The highest BCUT2D eigenvalue weighted by atomic mass is 79.9. The van der Waals surface area contributed by atoms with Gasteiger partial charge >= 0.3 is 0 Å². The van der Waals surface area contributed by atoms with E-state index in [2.05, 4.69) is 52.8 Å². The van der Waals surface area contributed by atoms with Crippen molar-refractivity contribution >= 4 is 26.3 Å². The second-order valence-electron chi connectivity index (χ2n) is 8.80. The summed E-state index contributed by atoms with van der Waals surface area (Å²) in [7, 11) is 0. The van der Waals surface area contributed by atoms with E-state index in [0.29, 0.717) is 18.8 Å². The number of unbranched alkanes of at least 4 members (excludes halogenated alkanes) is 1. The van der Waals surface area contributed by atoms with E-state index in [4.69, 9.17) is 0 Å². The number of fused-ring (bicyclic) bond motifs is 1. The van der Waals surface area contributed by atoms with Crippen LogP contribution in [0.1, 0.15) is 64.4 Å². The van der Waals surface area contributed by atoms with Gasteiger partial charge in [-0.1, -0.05) is 27.2 Å². The number of halogens is 1. The van der Waals surface area contributed by atoms with Gasteiger partial charge in [-0.3, -0.25) is 14.5 Å². The summed E-state index contributed by atoms with van der Waals surface area (Å²) in [4.78, 5) is 16.6. The summed E-state index contributed by atoms with van der Waals surface area (Å²) in [6, 6.07) is 6.06. The van der Waals surface area contributed by atoms with Crippen LogP contribution in [0.4, 0.5) is 0 Å². The fourth-order valence-corrected chi connectivity index (χ4v) is 4.86. The van der Waals surface area contributed by atoms with Crippen LogP contribution in [0.3, 0.4) is 0 Å². The zero-order valence-electron chi connectivity index (χ0n) is 18.6. The van der Waals surface area contributed by atoms with Crippen molar-refractivity contribution in [3.05, 3.63) is 70.1 Å². The van der Waals surface area contributed by atoms with Crippen molar-refractivity contribution in [3.63, 3.8) is 0 Å². The Morgan fingerprint density at radius 1 is 1.21 bits per heavy atom. The number of nitrogens with one attached hydrogen (secondary N) is 1. The highest BCUT2D eigenvalue weighted by Crippen LogP contribution is 2.47. The monoisotopic (exact) mass is 507 g/mol. The molecule has 5 rings (SSSR count). The van der Waals surface area contributed by atoms with Gasteiger partial charge in [0.2, 0.25) is 0 Å². The molecule has 3 aromatic heterocycles. The van der Waals surface area contributed by atoms with Gasteiger partial charge in [-0.25, -0.2) is 0 Å². The molecule has 1 N–H and O–H groups in total. The molecule has 8 nitrogen and oxygen atoms in total. The van der Waals surface area contributed by atoms with Crippen molar-refractivity contribution in [1.29, 1.82) is 0 Å². The topological polar surface area (TPSA) is 98.5 Å². The fraction of sp³-hybridized carbons (Fsp3) is 0.417. The fourth-order valence-electron chi connectivity index (χ4n) is 4.05. The minimum atomic E-state index is -0.237. The van der Waals surface area contributed by atoms with Crippen molar-refractivity contribution in [1.82, 2.24) is 35.5 Å². The lowest BCUT2D eigenvalue weighted by molar-refractivity contribution is 0.0946. The van der Waals surface area contributed by atoms with Gasteiger partial charge < -0.3 is 5.32 Å². The molecule has 0 aliphatic heterocycles. The lowest BCUT2D eigenvalue weighted by atomic mass is 10.1. The summed E-state index contributed by atoms with van der Waals surface area (Å²) < 4.78 is 2.96. The number of carbonyl (C=O) groups excluding carboxylic acids is 1. The molecule has 2 aliphatic rings. The van der Waals surface area contributed by atoms with Gasteiger partial charge in [0.15, 0.2) is 5.69 Å². The lowest BCUT2D eigenvalue weighted by Gasteiger charge is -2.04. The minimum Gasteiger partial charge on any atom is -0.346 e. The second kappa shape index (κ2) is 9.51. The average molecular weight is 508 g/mol. The van der Waals surface area contributed by atoms with Gasteiger partial charge in [-0.05, 0) is 68.2 Å². The lowest BCUT2D eigenvalue weighted by Crippen LogP contribution is -2.23. The standard InChI is InChI=1S/C24H26BrN7O/c1-15-5-6-16(12-26-15)13-27-24(33)22-14-32(31-30-22)9-3-2-4-18-10-20-21(29-28-18)11-19(23(20)25)17-7-8-17/h5-6,10,12,14,17H,2-4,7-9,11,13H2,1H3,(H,27,33). The SMILES string of the molecule is Cc1ccc(CNC(=O)c2cn(CCCCc3cc4c(nn3)CC(C3CC3)=C4Br)nn2)cn1. The Morgan fingerprint density at radius 3 is 2.88 bits per heavy atom. The van der Waals surface area contributed by atoms with Gasteiger partial charge in [-0.15, -0.1) is 5.10 Å². The summed E-state index contributed by atoms with van der Waals surface area (Å²) in [5.74, 6) is 0.505. The Morgan fingerprint density at radius 2 is 2.09 bits per heavy atom. The zero-order valence-corrected chi connectivity index (χ0v) is 20.2. The maximum absolute atomic E-state index is 12.3. The van der Waals surface area contributed by atoms with E-state index in [9.17, 15) is 4.79 Å². The largest absolute Gasteiger partial charge is 0.346 e. The summed E-state index contributed by atoms with van der Waals surface area (Å²) >= 11 is 3.79. The molecule has 0 spiro atoms. The molecule has 2 aliphatic carbocycles. The molecule has 1 saturated carbocycles. The zero-order chi connectivity index (χ0) is 22.8. The molecule has 3 heterocycles. The first kappa shape index (κ1) is 21.9. The molecule has 3 aromatic rings. The molecule has 0 aromatic carbocycles. The first-order valence-electron chi connectivity index (χ1n) is 11.4. The summed E-state index contributed by atoms with van der Waals surface area (Å²) in [5.41, 5.74) is 7.05. The Bertz CT molecular complexity index is 1200. The number of hydrogen-bond donors (Lipinski definition) is 1. The van der Waals surface area contributed by atoms with Crippen molar-refractivity contribution in [3.8, 4) is 0 Å². The molecule has 0 unspecified atom stereocenters. The maximum Gasteiger partial charge on any atom is 0.273 e. The van der Waals surface area contributed by atoms with Crippen molar-refractivity contribution in [2.24, 2.45) is 5.92 Å². The van der Waals surface area contributed by atoms with Crippen LogP contribution in [-0.2, 0) is 25.9 Å². The van der Waals surface area contributed by atoms with Crippen molar-refractivity contribution < 1.29 is 4.79 Å². The third-order valence-corrected chi connectivity index (χ3v) is 7.07. The molecular weight excluding hydrogens is 482 g/mol. The number of aromatic nitrogens is 6. The Balaban J connectivity index is 1.08. The van der Waals surface area contributed by atoms with Crippen LogP contribution >= 0.6 is 15.9 Å². The smallest absolute Gasteiger partial charge is 0.273 e. The number of rotatable bonds is 9. The predicted molar refractivity (Wildman–Crippen MR) is 127 cm³/mol. The van der Waals surface area contributed by atoms with Crippen molar-refractivity contribution in [2.45, 2.75) is 58.5 Å². The number of nitrogens with zero attached hydrogens (tertiary/aromatic N) is 6. The molecular formula is C24H26BrN7O. The first-order valence-corrected chi connectivity index (χ1v) is 12.2. The first-order chi connectivity index (χ1) is 16.1. The number of hydrogen-bond acceptors (Lipinski definition) is 6. The van der Waals surface area contributed by atoms with Crippen LogP contribution < -0.4 is 5.32 Å². The molecule has 0 saturated heterocycles. The Hall–Kier alpha value is -2.94. The van der Waals surface area contributed by atoms with Crippen LogP contribution in [0.15, 0.2) is 36.2 Å². The van der Waals surface area contributed by atoms with Gasteiger partial charge in [0.1, 0.15) is 0 Å². The normalized spacial score (nSPS) is 15.1. The molecule has 9 heteroatoms. The average Bonchev–Trinajstić information content (AvgIpc) is 3.47. The predicted octanol–water partition coefficient (Wildman–Crippen LogP) is 3.80. The van der Waals surface area contributed by atoms with Crippen molar-refractivity contribution in [2.75, 3.05) is 0 Å². The number of pyridine rings is 1. The van der Waals surface area contributed by atoms with Gasteiger partial charge in [0, 0.05) is 41.4 Å². The van der Waals surface area contributed by atoms with Gasteiger partial charge in [-0.2, -0.15) is 10.2 Å². The maximum atomic E-state index is 12.3. The highest BCUT2D eigenvalue weighted by Gasteiger charge is 2.33. The van der Waals surface area contributed by atoms with Crippen LogP contribution in [-0.4, -0.2) is 36.1 Å². The number of carbonyl (C=O) groups is 1. The van der Waals surface area contributed by atoms with E-state index in [1.54, 1.807) is 17.1 Å². The van der Waals surface area contributed by atoms with E-state index in [0.717, 1.165) is 54.2 Å².